The zero-order valence-corrected chi connectivity index (χ0v) is 24.4. The standard InChI is InChI=1S/C31H50O3Si/c1-28(2,3)35(6,7)34-23-10-8-9-22(19-23)31(33)18-15-21-11-12-24-25-13-14-27(32)29(25,4)17-16-26(24)30(21,5)20-31/h8-10,19,21,24-27,32-33H,11-18,20H2,1-7H3/t21?,24-,25-,26+,27?,29-,30-,31?/m0/s1. The maximum absolute atomic E-state index is 12.2. The number of benzene rings is 1. The minimum Gasteiger partial charge on any atom is -0.543 e. The number of aliphatic hydroxyl groups is 2. The van der Waals surface area contributed by atoms with E-state index in [1.165, 1.54) is 25.7 Å². The van der Waals surface area contributed by atoms with Gasteiger partial charge < -0.3 is 14.6 Å². The first-order valence-corrected chi connectivity index (χ1v) is 17.3. The molecule has 1 aromatic rings. The van der Waals surface area contributed by atoms with E-state index in [-0.39, 0.29) is 22.0 Å². The van der Waals surface area contributed by atoms with Crippen LogP contribution in [0.15, 0.2) is 24.3 Å². The van der Waals surface area contributed by atoms with Gasteiger partial charge in [0.25, 0.3) is 0 Å². The highest BCUT2D eigenvalue weighted by molar-refractivity contribution is 6.74. The molecule has 0 aliphatic heterocycles. The summed E-state index contributed by atoms with van der Waals surface area (Å²) < 4.78 is 6.63. The van der Waals surface area contributed by atoms with Crippen LogP contribution in [0.1, 0.15) is 98.0 Å². The van der Waals surface area contributed by atoms with Crippen LogP contribution in [0.3, 0.4) is 0 Å². The first-order valence-electron chi connectivity index (χ1n) is 14.4. The summed E-state index contributed by atoms with van der Waals surface area (Å²) in [5.41, 5.74) is 0.550. The van der Waals surface area contributed by atoms with Crippen LogP contribution < -0.4 is 4.43 Å². The maximum atomic E-state index is 12.2. The second-order valence-electron chi connectivity index (χ2n) is 14.9. The Morgan fingerprint density at radius 2 is 1.63 bits per heavy atom. The summed E-state index contributed by atoms with van der Waals surface area (Å²) in [4.78, 5) is 0. The van der Waals surface area contributed by atoms with E-state index in [4.69, 9.17) is 4.43 Å². The molecule has 1 aromatic carbocycles. The zero-order chi connectivity index (χ0) is 25.4. The smallest absolute Gasteiger partial charge is 0.250 e. The Morgan fingerprint density at radius 3 is 2.34 bits per heavy atom. The summed E-state index contributed by atoms with van der Waals surface area (Å²) in [5.74, 6) is 3.67. The molecule has 196 valence electrons. The molecule has 2 N–H and O–H groups in total. The van der Waals surface area contributed by atoms with E-state index in [2.05, 4.69) is 72.0 Å². The van der Waals surface area contributed by atoms with Gasteiger partial charge in [-0.25, -0.2) is 0 Å². The van der Waals surface area contributed by atoms with Crippen molar-refractivity contribution in [2.45, 2.75) is 122 Å². The molecule has 8 atom stereocenters. The molecule has 3 unspecified atom stereocenters. The van der Waals surface area contributed by atoms with Gasteiger partial charge in [0.1, 0.15) is 5.75 Å². The highest BCUT2D eigenvalue weighted by Gasteiger charge is 2.61. The van der Waals surface area contributed by atoms with Gasteiger partial charge >= 0.3 is 0 Å². The van der Waals surface area contributed by atoms with E-state index in [0.717, 1.165) is 43.4 Å². The Balaban J connectivity index is 1.41. The van der Waals surface area contributed by atoms with Gasteiger partial charge in [0.15, 0.2) is 0 Å². The van der Waals surface area contributed by atoms with Crippen LogP contribution in [-0.2, 0) is 5.60 Å². The third-order valence-electron chi connectivity index (χ3n) is 12.1. The van der Waals surface area contributed by atoms with Gasteiger partial charge in [0, 0.05) is 0 Å². The molecule has 0 heterocycles. The van der Waals surface area contributed by atoms with Crippen LogP contribution >= 0.6 is 0 Å². The van der Waals surface area contributed by atoms with Gasteiger partial charge in [-0.3, -0.25) is 0 Å². The van der Waals surface area contributed by atoms with Gasteiger partial charge in [0.2, 0.25) is 8.32 Å². The molecule has 4 fully saturated rings. The van der Waals surface area contributed by atoms with Gasteiger partial charge in [0.05, 0.1) is 11.7 Å². The Bertz CT molecular complexity index is 953. The van der Waals surface area contributed by atoms with Gasteiger partial charge in [-0.15, -0.1) is 0 Å². The molecule has 0 saturated heterocycles. The quantitative estimate of drug-likeness (QED) is 0.421. The van der Waals surface area contributed by atoms with Crippen LogP contribution in [0.25, 0.3) is 0 Å². The molecule has 5 rings (SSSR count). The van der Waals surface area contributed by atoms with E-state index in [1.54, 1.807) is 0 Å². The second kappa shape index (κ2) is 8.33. The minimum atomic E-state index is -1.94. The number of hydrogen-bond acceptors (Lipinski definition) is 3. The molecule has 35 heavy (non-hydrogen) atoms. The molecule has 0 amide bonds. The lowest BCUT2D eigenvalue weighted by Gasteiger charge is -2.62. The van der Waals surface area contributed by atoms with Crippen LogP contribution in [0.4, 0.5) is 0 Å². The fourth-order valence-electron chi connectivity index (χ4n) is 8.93. The Kier molecular flexibility index (Phi) is 6.14. The van der Waals surface area contributed by atoms with Crippen molar-refractivity contribution in [1.29, 1.82) is 0 Å². The van der Waals surface area contributed by atoms with Crippen LogP contribution in [0.5, 0.6) is 5.75 Å². The van der Waals surface area contributed by atoms with Gasteiger partial charge in [-0.2, -0.15) is 0 Å². The Morgan fingerprint density at radius 1 is 0.914 bits per heavy atom. The molecule has 3 nitrogen and oxygen atoms in total. The predicted molar refractivity (Wildman–Crippen MR) is 146 cm³/mol. The zero-order valence-electron chi connectivity index (χ0n) is 23.4. The third-order valence-corrected chi connectivity index (χ3v) is 16.5. The molecule has 4 saturated carbocycles. The van der Waals surface area contributed by atoms with Crippen molar-refractivity contribution < 1.29 is 14.6 Å². The molecule has 4 aliphatic rings. The lowest BCUT2D eigenvalue weighted by Crippen LogP contribution is -2.56. The largest absolute Gasteiger partial charge is 0.543 e. The monoisotopic (exact) mass is 498 g/mol. The maximum Gasteiger partial charge on any atom is 0.250 e. The molecule has 4 aliphatic carbocycles. The van der Waals surface area contributed by atoms with E-state index in [0.29, 0.717) is 23.7 Å². The van der Waals surface area contributed by atoms with E-state index < -0.39 is 13.9 Å². The van der Waals surface area contributed by atoms with Crippen molar-refractivity contribution in [2.75, 3.05) is 0 Å². The molecular weight excluding hydrogens is 448 g/mol. The summed E-state index contributed by atoms with van der Waals surface area (Å²) in [6.45, 7) is 16.3. The van der Waals surface area contributed by atoms with Crippen molar-refractivity contribution in [3.05, 3.63) is 29.8 Å². The average molecular weight is 499 g/mol. The number of rotatable bonds is 3. The van der Waals surface area contributed by atoms with Crippen molar-refractivity contribution in [3.8, 4) is 5.75 Å². The van der Waals surface area contributed by atoms with Crippen LogP contribution in [0.2, 0.25) is 18.1 Å². The fraction of sp³-hybridized carbons (Fsp3) is 0.806. The van der Waals surface area contributed by atoms with Crippen molar-refractivity contribution >= 4 is 8.32 Å². The van der Waals surface area contributed by atoms with E-state index >= 15 is 0 Å². The molecule has 0 aromatic heterocycles. The van der Waals surface area contributed by atoms with Crippen molar-refractivity contribution in [3.63, 3.8) is 0 Å². The third kappa shape index (κ3) is 4.05. The van der Waals surface area contributed by atoms with Crippen LogP contribution in [-0.4, -0.2) is 24.6 Å². The topological polar surface area (TPSA) is 49.7 Å². The van der Waals surface area contributed by atoms with E-state index in [1.807, 2.05) is 0 Å². The first-order chi connectivity index (χ1) is 16.2. The highest BCUT2D eigenvalue weighted by atomic mass is 28.4. The highest BCUT2D eigenvalue weighted by Crippen LogP contribution is 2.67. The van der Waals surface area contributed by atoms with Gasteiger partial charge in [-0.1, -0.05) is 46.8 Å². The summed E-state index contributed by atoms with van der Waals surface area (Å²) >= 11 is 0. The Hall–Kier alpha value is -0.843. The second-order valence-corrected chi connectivity index (χ2v) is 19.7. The Labute approximate surface area is 215 Å². The molecule has 0 radical (unpaired) electrons. The summed E-state index contributed by atoms with van der Waals surface area (Å²) in [7, 11) is -1.94. The van der Waals surface area contributed by atoms with E-state index in [9.17, 15) is 10.2 Å². The average Bonchev–Trinajstić information content (AvgIpc) is 3.07. The molecule has 0 spiro atoms. The molecule has 4 heteroatoms. The normalized spacial score (nSPS) is 43.7. The molecule has 0 bridgehead atoms. The molecular formula is C31H50O3Si. The number of fused-ring (bicyclic) bond motifs is 5. The predicted octanol–water partition coefficient (Wildman–Crippen LogP) is 7.66. The fourth-order valence-corrected chi connectivity index (χ4v) is 9.95. The summed E-state index contributed by atoms with van der Waals surface area (Å²) in [6, 6.07) is 8.44. The lowest BCUT2D eigenvalue weighted by atomic mass is 9.43. The number of hydrogen-bond donors (Lipinski definition) is 2. The summed E-state index contributed by atoms with van der Waals surface area (Å²) in [6.07, 6.45) is 9.88. The number of aliphatic hydroxyl groups excluding tert-OH is 1. The van der Waals surface area contributed by atoms with Gasteiger partial charge in [-0.05, 0) is 128 Å². The minimum absolute atomic E-state index is 0.116. The SMILES string of the molecule is CC(C)(C)[Si](C)(C)Oc1cccc(C2(O)CCC3CC[C@@H]4[C@@H](CC[C@]5(C)C(O)CC[C@@H]45)[C@@]3(C)C2)c1. The summed E-state index contributed by atoms with van der Waals surface area (Å²) in [5, 5.41) is 23.2. The van der Waals surface area contributed by atoms with Crippen molar-refractivity contribution in [1.82, 2.24) is 0 Å². The van der Waals surface area contributed by atoms with Crippen LogP contribution in [0, 0.1) is 34.5 Å². The lowest BCUT2D eigenvalue weighted by molar-refractivity contribution is -0.164. The van der Waals surface area contributed by atoms with Crippen molar-refractivity contribution in [2.24, 2.45) is 34.5 Å². The first kappa shape index (κ1) is 25.8.